The van der Waals surface area contributed by atoms with Crippen LogP contribution < -0.4 is 0 Å². The van der Waals surface area contributed by atoms with Gasteiger partial charge < -0.3 is 5.11 Å². The minimum atomic E-state index is -0.604. The molecule has 0 aromatic rings. The summed E-state index contributed by atoms with van der Waals surface area (Å²) >= 11 is 0. The van der Waals surface area contributed by atoms with Crippen LogP contribution in [0.5, 0.6) is 0 Å². The molecule has 2 saturated carbocycles. The Bertz CT molecular complexity index is 196. The normalized spacial score (nSPS) is 42.4. The summed E-state index contributed by atoms with van der Waals surface area (Å²) in [4.78, 5) is 11.5. The zero-order valence-corrected chi connectivity index (χ0v) is 7.38. The van der Waals surface area contributed by atoms with E-state index in [2.05, 4.69) is 0 Å². The van der Waals surface area contributed by atoms with Crippen molar-refractivity contribution in [3.63, 3.8) is 0 Å². The van der Waals surface area contributed by atoms with E-state index in [4.69, 9.17) is 0 Å². The first kappa shape index (κ1) is 8.24. The standard InChI is InChI=1S/C10H16O2/c11-9-5-3-7-10(12)6-2-1-4-8(9)10/h8,12H,1-7H2/t8-,10-/m0/s1. The Morgan fingerprint density at radius 1 is 1.25 bits per heavy atom. The summed E-state index contributed by atoms with van der Waals surface area (Å²) in [5.74, 6) is 0.295. The summed E-state index contributed by atoms with van der Waals surface area (Å²) in [5.41, 5.74) is -0.604. The largest absolute Gasteiger partial charge is 0.389 e. The number of Topliss-reactive ketones (excluding diaryl/α,β-unsaturated/α-hetero) is 1. The van der Waals surface area contributed by atoms with E-state index in [1.807, 2.05) is 0 Å². The molecular weight excluding hydrogens is 152 g/mol. The molecule has 2 nitrogen and oxygen atoms in total. The molecule has 2 atom stereocenters. The lowest BCUT2D eigenvalue weighted by Crippen LogP contribution is -2.47. The first-order valence-corrected chi connectivity index (χ1v) is 4.97. The fourth-order valence-electron chi connectivity index (χ4n) is 2.73. The van der Waals surface area contributed by atoms with E-state index < -0.39 is 5.60 Å². The quantitative estimate of drug-likeness (QED) is 0.597. The average Bonchev–Trinajstić information content (AvgIpc) is 2.04. The van der Waals surface area contributed by atoms with Gasteiger partial charge in [0.1, 0.15) is 5.78 Å². The smallest absolute Gasteiger partial charge is 0.138 e. The second-order valence-corrected chi connectivity index (χ2v) is 4.22. The number of fused-ring (bicyclic) bond motifs is 1. The van der Waals surface area contributed by atoms with Gasteiger partial charge in [0.15, 0.2) is 0 Å². The second kappa shape index (κ2) is 2.84. The first-order chi connectivity index (χ1) is 5.72. The van der Waals surface area contributed by atoms with Gasteiger partial charge in [-0.2, -0.15) is 0 Å². The summed E-state index contributed by atoms with van der Waals surface area (Å²) in [6, 6.07) is 0. The molecule has 12 heavy (non-hydrogen) atoms. The second-order valence-electron chi connectivity index (χ2n) is 4.22. The molecule has 2 heteroatoms. The number of carbonyl (C=O) groups is 1. The monoisotopic (exact) mass is 168 g/mol. The molecule has 0 bridgehead atoms. The van der Waals surface area contributed by atoms with E-state index >= 15 is 0 Å². The van der Waals surface area contributed by atoms with Gasteiger partial charge >= 0.3 is 0 Å². The number of ketones is 1. The highest BCUT2D eigenvalue weighted by atomic mass is 16.3. The van der Waals surface area contributed by atoms with Crippen molar-refractivity contribution in [2.75, 3.05) is 0 Å². The maximum Gasteiger partial charge on any atom is 0.138 e. The molecule has 0 aromatic heterocycles. The van der Waals surface area contributed by atoms with E-state index in [9.17, 15) is 9.90 Å². The molecule has 0 unspecified atom stereocenters. The van der Waals surface area contributed by atoms with Crippen molar-refractivity contribution >= 4 is 5.78 Å². The zero-order valence-electron chi connectivity index (χ0n) is 7.38. The molecule has 0 heterocycles. The van der Waals surface area contributed by atoms with Gasteiger partial charge in [-0.25, -0.2) is 0 Å². The number of rotatable bonds is 0. The molecule has 2 aliphatic rings. The van der Waals surface area contributed by atoms with Crippen LogP contribution >= 0.6 is 0 Å². The van der Waals surface area contributed by atoms with Crippen LogP contribution in [0.4, 0.5) is 0 Å². The van der Waals surface area contributed by atoms with Gasteiger partial charge in [0.25, 0.3) is 0 Å². The highest BCUT2D eigenvalue weighted by molar-refractivity contribution is 5.83. The topological polar surface area (TPSA) is 37.3 Å². The molecule has 1 N–H and O–H groups in total. The molecule has 68 valence electrons. The van der Waals surface area contributed by atoms with Gasteiger partial charge in [-0.15, -0.1) is 0 Å². The molecule has 2 aliphatic carbocycles. The van der Waals surface area contributed by atoms with Crippen molar-refractivity contribution in [2.24, 2.45) is 5.92 Å². The highest BCUT2D eigenvalue weighted by Crippen LogP contribution is 2.41. The Labute approximate surface area is 73.0 Å². The lowest BCUT2D eigenvalue weighted by molar-refractivity contribution is -0.143. The van der Waals surface area contributed by atoms with E-state index in [1.165, 1.54) is 0 Å². The molecule has 0 radical (unpaired) electrons. The van der Waals surface area contributed by atoms with Crippen LogP contribution in [0.15, 0.2) is 0 Å². The van der Waals surface area contributed by atoms with Gasteiger partial charge in [0.2, 0.25) is 0 Å². The van der Waals surface area contributed by atoms with Crippen LogP contribution in [0.3, 0.4) is 0 Å². The van der Waals surface area contributed by atoms with E-state index in [0.29, 0.717) is 12.2 Å². The third-order valence-corrected chi connectivity index (χ3v) is 3.42. The summed E-state index contributed by atoms with van der Waals surface area (Å²) in [6.07, 6.45) is 6.44. The van der Waals surface area contributed by atoms with Gasteiger partial charge in [-0.1, -0.05) is 12.8 Å². The van der Waals surface area contributed by atoms with Crippen molar-refractivity contribution in [2.45, 2.75) is 50.5 Å². The maximum absolute atomic E-state index is 11.5. The van der Waals surface area contributed by atoms with Crippen molar-refractivity contribution in [1.82, 2.24) is 0 Å². The number of hydrogen-bond acceptors (Lipinski definition) is 2. The van der Waals surface area contributed by atoms with Gasteiger partial charge in [0.05, 0.1) is 5.60 Å². The Morgan fingerprint density at radius 3 is 2.75 bits per heavy atom. The van der Waals surface area contributed by atoms with Gasteiger partial charge in [-0.05, 0) is 25.7 Å². The molecule has 2 fully saturated rings. The zero-order chi connectivity index (χ0) is 8.60. The molecule has 0 aliphatic heterocycles. The first-order valence-electron chi connectivity index (χ1n) is 4.97. The predicted molar refractivity (Wildman–Crippen MR) is 45.8 cm³/mol. The van der Waals surface area contributed by atoms with E-state index in [1.54, 1.807) is 0 Å². The minimum Gasteiger partial charge on any atom is -0.389 e. The summed E-state index contributed by atoms with van der Waals surface area (Å²) in [6.45, 7) is 0. The van der Waals surface area contributed by atoms with Crippen molar-refractivity contribution < 1.29 is 9.90 Å². The van der Waals surface area contributed by atoms with Crippen molar-refractivity contribution in [3.05, 3.63) is 0 Å². The summed E-state index contributed by atoms with van der Waals surface area (Å²) in [5, 5.41) is 10.1. The number of hydrogen-bond donors (Lipinski definition) is 1. The van der Waals surface area contributed by atoms with Crippen LogP contribution in [-0.4, -0.2) is 16.5 Å². The van der Waals surface area contributed by atoms with Crippen LogP contribution in [-0.2, 0) is 4.79 Å². The third-order valence-electron chi connectivity index (χ3n) is 3.42. The Kier molecular flexibility index (Phi) is 1.95. The molecule has 0 aromatic carbocycles. The summed E-state index contributed by atoms with van der Waals surface area (Å²) in [7, 11) is 0. The van der Waals surface area contributed by atoms with Gasteiger partial charge in [-0.3, -0.25) is 4.79 Å². The van der Waals surface area contributed by atoms with Crippen LogP contribution in [0.1, 0.15) is 44.9 Å². The number of aliphatic hydroxyl groups is 1. The Morgan fingerprint density at radius 2 is 2.00 bits per heavy atom. The SMILES string of the molecule is O=C1CCC[C@@]2(O)CCCC[C@@H]12. The average molecular weight is 168 g/mol. The molecule has 2 rings (SSSR count). The lowest BCUT2D eigenvalue weighted by atomic mass is 9.67. The minimum absolute atomic E-state index is 0.0139. The van der Waals surface area contributed by atoms with Crippen LogP contribution in [0.2, 0.25) is 0 Å². The van der Waals surface area contributed by atoms with Crippen molar-refractivity contribution in [1.29, 1.82) is 0 Å². The van der Waals surface area contributed by atoms with Gasteiger partial charge in [0, 0.05) is 12.3 Å². The van der Waals surface area contributed by atoms with Crippen LogP contribution in [0, 0.1) is 5.92 Å². The Hall–Kier alpha value is -0.370. The molecular formula is C10H16O2. The van der Waals surface area contributed by atoms with Crippen molar-refractivity contribution in [3.8, 4) is 0 Å². The predicted octanol–water partition coefficient (Wildman–Crippen LogP) is 1.66. The molecule has 0 spiro atoms. The van der Waals surface area contributed by atoms with E-state index in [-0.39, 0.29) is 5.92 Å². The Balaban J connectivity index is 2.18. The maximum atomic E-state index is 11.5. The van der Waals surface area contributed by atoms with Crippen LogP contribution in [0.25, 0.3) is 0 Å². The number of carbonyl (C=O) groups excluding carboxylic acids is 1. The summed E-state index contributed by atoms with van der Waals surface area (Å²) < 4.78 is 0. The lowest BCUT2D eigenvalue weighted by Gasteiger charge is -2.42. The fraction of sp³-hybridized carbons (Fsp3) is 0.900. The third kappa shape index (κ3) is 1.18. The highest BCUT2D eigenvalue weighted by Gasteiger charge is 2.44. The molecule has 0 amide bonds. The van der Waals surface area contributed by atoms with E-state index in [0.717, 1.165) is 38.5 Å². The molecule has 0 saturated heterocycles. The fourth-order valence-corrected chi connectivity index (χ4v) is 2.73.